The van der Waals surface area contributed by atoms with Gasteiger partial charge >= 0.3 is 0 Å². The third-order valence-electron chi connectivity index (χ3n) is 4.68. The van der Waals surface area contributed by atoms with Gasteiger partial charge in [0, 0.05) is 17.5 Å². The number of benzene rings is 1. The van der Waals surface area contributed by atoms with E-state index in [0.29, 0.717) is 0 Å². The molecule has 5 rings (SSSR count). The fourth-order valence-corrected chi connectivity index (χ4v) is 3.92. The van der Waals surface area contributed by atoms with Crippen LogP contribution in [0.5, 0.6) is 0 Å². The summed E-state index contributed by atoms with van der Waals surface area (Å²) in [6.07, 6.45) is 1.81. The fraction of sp³-hybridized carbons (Fsp3) is 0.150. The molecule has 6 nitrogen and oxygen atoms in total. The quantitative estimate of drug-likeness (QED) is 0.473. The minimum atomic E-state index is 0.0514. The van der Waals surface area contributed by atoms with E-state index < -0.39 is 0 Å². The van der Waals surface area contributed by atoms with Gasteiger partial charge in [-0.1, -0.05) is 19.1 Å². The van der Waals surface area contributed by atoms with Crippen molar-refractivity contribution >= 4 is 28.1 Å². The Morgan fingerprint density at radius 1 is 1.04 bits per heavy atom. The van der Waals surface area contributed by atoms with Gasteiger partial charge < -0.3 is 0 Å². The molecule has 0 radical (unpaired) electrons. The van der Waals surface area contributed by atoms with Crippen LogP contribution < -0.4 is 0 Å². The van der Waals surface area contributed by atoms with E-state index in [1.54, 1.807) is 0 Å². The number of aryl methyl sites for hydroxylation is 1. The smallest absolute Gasteiger partial charge is 0.177 e. The highest BCUT2D eigenvalue weighted by atomic mass is 32.1. The van der Waals surface area contributed by atoms with Crippen molar-refractivity contribution in [2.45, 2.75) is 19.8 Å². The fourth-order valence-electron chi connectivity index (χ4n) is 3.20. The summed E-state index contributed by atoms with van der Waals surface area (Å²) in [4.78, 5) is 5.43. The maximum atomic E-state index is 4.78. The second-order valence-electron chi connectivity index (χ2n) is 6.56. The molecule has 5 aromatic rings. The summed E-state index contributed by atoms with van der Waals surface area (Å²) in [5.41, 5.74) is 4.76. The van der Waals surface area contributed by atoms with Crippen LogP contribution in [0.1, 0.15) is 29.9 Å². The summed E-state index contributed by atoms with van der Waals surface area (Å²) in [6, 6.07) is 16.3. The largest absolute Gasteiger partial charge is 0.256 e. The molecule has 0 spiro atoms. The van der Waals surface area contributed by atoms with E-state index in [1.165, 1.54) is 11.5 Å². The first kappa shape index (κ1) is 16.0. The molecule has 0 amide bonds. The van der Waals surface area contributed by atoms with Crippen LogP contribution in [0.25, 0.3) is 27.1 Å². The highest BCUT2D eigenvalue weighted by Crippen LogP contribution is 2.27. The van der Waals surface area contributed by atoms with Crippen LogP contribution in [-0.4, -0.2) is 29.2 Å². The number of hydrogen-bond acceptors (Lipinski definition) is 6. The Hall–Kier alpha value is -3.19. The molecule has 27 heavy (non-hydrogen) atoms. The summed E-state index contributed by atoms with van der Waals surface area (Å²) in [6.45, 7) is 4.11. The molecular weight excluding hydrogens is 356 g/mol. The number of rotatable bonds is 3. The molecule has 0 N–H and O–H groups in total. The van der Waals surface area contributed by atoms with E-state index in [-0.39, 0.29) is 5.92 Å². The lowest BCUT2D eigenvalue weighted by atomic mass is 9.98. The molecule has 4 aromatic heterocycles. The lowest BCUT2D eigenvalue weighted by Crippen LogP contribution is -2.05. The zero-order chi connectivity index (χ0) is 18.4. The van der Waals surface area contributed by atoms with E-state index >= 15 is 0 Å². The van der Waals surface area contributed by atoms with Gasteiger partial charge in [-0.2, -0.15) is 14.0 Å². The first-order chi connectivity index (χ1) is 13.2. The average Bonchev–Trinajstić information content (AvgIpc) is 3.32. The van der Waals surface area contributed by atoms with Crippen LogP contribution in [0, 0.1) is 6.92 Å². The molecule has 0 bridgehead atoms. The van der Waals surface area contributed by atoms with Crippen molar-refractivity contribution in [2.24, 2.45) is 0 Å². The summed E-state index contributed by atoms with van der Waals surface area (Å²) in [5, 5.41) is 14.6. The highest BCUT2D eigenvalue weighted by molar-refractivity contribution is 7.09. The Bertz CT molecular complexity index is 1270. The Morgan fingerprint density at radius 3 is 2.81 bits per heavy atom. The predicted octanol–water partition coefficient (Wildman–Crippen LogP) is 4.26. The van der Waals surface area contributed by atoms with Crippen molar-refractivity contribution in [1.29, 1.82) is 0 Å². The van der Waals surface area contributed by atoms with E-state index in [2.05, 4.69) is 44.7 Å². The van der Waals surface area contributed by atoms with Gasteiger partial charge in [-0.05, 0) is 60.4 Å². The normalized spacial score (nSPS) is 12.7. The first-order valence-corrected chi connectivity index (χ1v) is 9.47. The zero-order valence-electron chi connectivity index (χ0n) is 14.9. The Balaban J connectivity index is 1.60. The Labute approximate surface area is 159 Å². The van der Waals surface area contributed by atoms with Gasteiger partial charge in [0.1, 0.15) is 5.69 Å². The molecule has 7 heteroatoms. The summed E-state index contributed by atoms with van der Waals surface area (Å²) in [7, 11) is 0. The molecule has 1 aromatic carbocycles. The molecule has 1 atom stereocenters. The summed E-state index contributed by atoms with van der Waals surface area (Å²) >= 11 is 1.45. The lowest BCUT2D eigenvalue weighted by molar-refractivity contribution is 0.753. The van der Waals surface area contributed by atoms with Gasteiger partial charge in [-0.25, -0.2) is 0 Å². The van der Waals surface area contributed by atoms with Crippen molar-refractivity contribution in [2.75, 3.05) is 0 Å². The van der Waals surface area contributed by atoms with Gasteiger partial charge in [0.05, 0.1) is 16.1 Å². The lowest BCUT2D eigenvalue weighted by Gasteiger charge is -2.11. The van der Waals surface area contributed by atoms with Gasteiger partial charge in [-0.15, -0.1) is 10.2 Å². The van der Waals surface area contributed by atoms with Crippen LogP contribution in [0.3, 0.4) is 0 Å². The van der Waals surface area contributed by atoms with Gasteiger partial charge in [0.2, 0.25) is 0 Å². The molecule has 132 valence electrons. The SMILES string of the molecule is Cc1cc(-c2ccc3nnc([C@@H](C)c4ccc5ncccc5c4)n3n2)sn1. The minimum Gasteiger partial charge on any atom is -0.256 e. The Kier molecular flexibility index (Phi) is 3.68. The standard InChI is InChI=1S/C20H16N6S/c1-12-10-18(27-25-12)17-7-8-19-22-23-20(26(19)24-17)13(2)14-5-6-16-15(11-14)4-3-9-21-16/h3-11,13H,1-2H3/t13-/m0/s1. The van der Waals surface area contributed by atoms with Crippen LogP contribution in [0.2, 0.25) is 0 Å². The number of aromatic nitrogens is 6. The van der Waals surface area contributed by atoms with Gasteiger partial charge in [0.25, 0.3) is 0 Å². The van der Waals surface area contributed by atoms with Crippen LogP contribution >= 0.6 is 11.5 Å². The van der Waals surface area contributed by atoms with Crippen LogP contribution in [0.4, 0.5) is 0 Å². The third kappa shape index (κ3) is 2.76. The maximum absolute atomic E-state index is 4.78. The molecule has 0 aliphatic rings. The van der Waals surface area contributed by atoms with Crippen LogP contribution in [0.15, 0.2) is 54.7 Å². The third-order valence-corrected chi connectivity index (χ3v) is 5.58. The summed E-state index contributed by atoms with van der Waals surface area (Å²) < 4.78 is 6.19. The minimum absolute atomic E-state index is 0.0514. The van der Waals surface area contributed by atoms with E-state index in [9.17, 15) is 0 Å². The van der Waals surface area contributed by atoms with Crippen molar-refractivity contribution in [3.05, 3.63) is 71.8 Å². The molecular formula is C20H16N6S. The van der Waals surface area contributed by atoms with Crippen molar-refractivity contribution in [3.63, 3.8) is 0 Å². The van der Waals surface area contributed by atoms with Gasteiger partial charge in [0.15, 0.2) is 11.5 Å². The topological polar surface area (TPSA) is 68.9 Å². The average molecular weight is 372 g/mol. The van der Waals surface area contributed by atoms with Gasteiger partial charge in [-0.3, -0.25) is 4.98 Å². The second kappa shape index (κ2) is 6.21. The zero-order valence-corrected chi connectivity index (χ0v) is 15.7. The maximum Gasteiger partial charge on any atom is 0.177 e. The molecule has 0 saturated carbocycles. The van der Waals surface area contributed by atoms with Crippen LogP contribution in [-0.2, 0) is 0 Å². The van der Waals surface area contributed by atoms with Crippen molar-refractivity contribution in [3.8, 4) is 10.6 Å². The highest BCUT2D eigenvalue weighted by Gasteiger charge is 2.18. The number of pyridine rings is 1. The number of nitrogens with zero attached hydrogens (tertiary/aromatic N) is 6. The molecule has 4 heterocycles. The van der Waals surface area contributed by atoms with E-state index in [1.807, 2.05) is 48.0 Å². The van der Waals surface area contributed by atoms with E-state index in [4.69, 9.17) is 5.10 Å². The summed E-state index contributed by atoms with van der Waals surface area (Å²) in [5.74, 6) is 0.867. The Morgan fingerprint density at radius 2 is 1.96 bits per heavy atom. The monoisotopic (exact) mass is 372 g/mol. The van der Waals surface area contributed by atoms with E-state index in [0.717, 1.165) is 44.2 Å². The molecule has 0 aliphatic heterocycles. The number of hydrogen-bond donors (Lipinski definition) is 0. The molecule has 0 fully saturated rings. The molecule has 0 aliphatic carbocycles. The second-order valence-corrected chi connectivity index (χ2v) is 7.36. The van der Waals surface area contributed by atoms with Crippen molar-refractivity contribution in [1.82, 2.24) is 29.2 Å². The van der Waals surface area contributed by atoms with Crippen molar-refractivity contribution < 1.29 is 0 Å². The number of fused-ring (bicyclic) bond motifs is 2. The molecule has 0 unspecified atom stereocenters. The first-order valence-electron chi connectivity index (χ1n) is 8.70. The molecule has 0 saturated heterocycles. The predicted molar refractivity (Wildman–Crippen MR) is 106 cm³/mol.